The van der Waals surface area contributed by atoms with Crippen molar-refractivity contribution in [1.82, 2.24) is 4.98 Å². The van der Waals surface area contributed by atoms with Crippen molar-refractivity contribution >= 4 is 31.6 Å². The molecule has 0 aliphatic rings. The summed E-state index contributed by atoms with van der Waals surface area (Å²) >= 11 is -0.368. The zero-order chi connectivity index (χ0) is 13.2. The summed E-state index contributed by atoms with van der Waals surface area (Å²) in [6, 6.07) is 12.5. The van der Waals surface area contributed by atoms with Gasteiger partial charge in [-0.3, -0.25) is 9.98 Å². The van der Waals surface area contributed by atoms with Crippen molar-refractivity contribution in [2.75, 3.05) is 0 Å². The van der Waals surface area contributed by atoms with E-state index in [1.807, 2.05) is 24.3 Å². The van der Waals surface area contributed by atoms with Crippen molar-refractivity contribution in [2.24, 2.45) is 4.99 Å². The van der Waals surface area contributed by atoms with Crippen LogP contribution in [-0.4, -0.2) is 16.3 Å². The van der Waals surface area contributed by atoms with E-state index in [1.54, 1.807) is 30.6 Å². The first-order chi connectivity index (χ1) is 8.77. The van der Waals surface area contributed by atoms with Gasteiger partial charge in [0.25, 0.3) is 0 Å². The summed E-state index contributed by atoms with van der Waals surface area (Å²) in [5.74, 6) is 0.171. The van der Waals surface area contributed by atoms with Gasteiger partial charge in [0.2, 0.25) is 0 Å². The minimum absolute atomic E-state index is 0.171. The van der Waals surface area contributed by atoms with Crippen LogP contribution in [0.15, 0.2) is 53.7 Å². The van der Waals surface area contributed by atoms with E-state index in [0.717, 1.165) is 5.69 Å². The molecule has 0 atom stereocenters. The summed E-state index contributed by atoms with van der Waals surface area (Å²) in [4.78, 5) is 8.23. The van der Waals surface area contributed by atoms with Crippen LogP contribution >= 0.6 is 19.7 Å². The van der Waals surface area contributed by atoms with Crippen molar-refractivity contribution in [3.63, 3.8) is 0 Å². The van der Waals surface area contributed by atoms with Gasteiger partial charge in [0, 0.05) is 6.20 Å². The molecule has 2 aromatic rings. The zero-order valence-electron chi connectivity index (χ0n) is 9.24. The van der Waals surface area contributed by atoms with Gasteiger partial charge in [-0.1, -0.05) is 18.2 Å². The molecule has 0 spiro atoms. The minimum atomic E-state index is -0.368. The van der Waals surface area contributed by atoms with Gasteiger partial charge in [-0.2, -0.15) is 0 Å². The molecule has 1 N–H and O–H groups in total. The number of aromatic hydroxyl groups is 1. The van der Waals surface area contributed by atoms with Crippen LogP contribution in [0.4, 0.5) is 5.69 Å². The number of para-hydroxylation sites is 2. The molecule has 3 nitrogen and oxygen atoms in total. The van der Waals surface area contributed by atoms with Crippen molar-refractivity contribution < 1.29 is 19.5 Å². The average Bonchev–Trinajstić information content (AvgIpc) is 2.40. The predicted octanol–water partition coefficient (Wildman–Crippen LogP) is 3.91. The zero-order valence-corrected chi connectivity index (χ0v) is 12.1. The molecule has 1 aromatic heterocycles. The number of aromatic nitrogens is 1. The van der Waals surface area contributed by atoms with Gasteiger partial charge >= 0.3 is 34.1 Å². The van der Waals surface area contributed by atoms with E-state index in [1.165, 1.54) is 0 Å². The first kappa shape index (κ1) is 15.1. The molecular weight excluding hydrogens is 310 g/mol. The molecule has 93 valence electrons. The fraction of sp³-hybridized carbons (Fsp3) is 0. The summed E-state index contributed by atoms with van der Waals surface area (Å²) in [6.45, 7) is 0. The van der Waals surface area contributed by atoms with Crippen molar-refractivity contribution in [3.05, 3.63) is 54.4 Å². The third-order valence-corrected chi connectivity index (χ3v) is 1.91. The van der Waals surface area contributed by atoms with E-state index in [0.29, 0.717) is 5.69 Å². The predicted molar refractivity (Wildman–Crippen MR) is 71.3 cm³/mol. The first-order valence-electron chi connectivity index (χ1n) is 4.93. The second-order valence-electron chi connectivity index (χ2n) is 3.07. The molecule has 0 aliphatic heterocycles. The molecule has 6 heteroatoms. The number of phenolic OH excluding ortho intramolecular Hbond substituents is 1. The Labute approximate surface area is 121 Å². The summed E-state index contributed by atoms with van der Waals surface area (Å²) < 4.78 is 0. The number of aliphatic imine (C=N–C) groups is 1. The Morgan fingerprint density at radius 1 is 1.11 bits per heavy atom. The molecule has 1 heterocycles. The summed E-state index contributed by atoms with van der Waals surface area (Å²) in [7, 11) is 9.72. The molecule has 0 unspecified atom stereocenters. The Bertz CT molecular complexity index is 494. The molecule has 0 bridgehead atoms. The monoisotopic (exact) mass is 319 g/mol. The van der Waals surface area contributed by atoms with Crippen LogP contribution in [0.1, 0.15) is 5.69 Å². The molecule has 0 fully saturated rings. The normalized spacial score (nSPS) is 9.67. The molecule has 0 saturated carbocycles. The van der Waals surface area contributed by atoms with Gasteiger partial charge < -0.3 is 5.11 Å². The van der Waals surface area contributed by atoms with Crippen LogP contribution in [0.25, 0.3) is 0 Å². The van der Waals surface area contributed by atoms with Crippen LogP contribution in [0.2, 0.25) is 0 Å². The van der Waals surface area contributed by atoms with Gasteiger partial charge in [-0.05, 0) is 24.3 Å². The third kappa shape index (κ3) is 5.56. The number of hydrogen-bond donors (Lipinski definition) is 1. The van der Waals surface area contributed by atoms with E-state index in [-0.39, 0.29) is 20.1 Å². The summed E-state index contributed by atoms with van der Waals surface area (Å²) in [5.41, 5.74) is 1.31. The second kappa shape index (κ2) is 9.00. The molecule has 0 radical (unpaired) electrons. The van der Waals surface area contributed by atoms with E-state index in [9.17, 15) is 5.11 Å². The molecule has 0 saturated heterocycles. The number of pyridine rings is 1. The number of nitrogens with zero attached hydrogens (tertiary/aromatic N) is 2. The summed E-state index contributed by atoms with van der Waals surface area (Å²) in [5, 5.41) is 9.45. The van der Waals surface area contributed by atoms with Gasteiger partial charge in [-0.25, -0.2) is 0 Å². The van der Waals surface area contributed by atoms with Crippen molar-refractivity contribution in [2.45, 2.75) is 0 Å². The van der Waals surface area contributed by atoms with Crippen LogP contribution in [-0.2, 0) is 14.4 Å². The maximum atomic E-state index is 9.45. The van der Waals surface area contributed by atoms with Crippen LogP contribution in [0.5, 0.6) is 5.75 Å². The van der Waals surface area contributed by atoms with Crippen molar-refractivity contribution in [3.8, 4) is 5.75 Å². The van der Waals surface area contributed by atoms with Gasteiger partial charge in [-0.15, -0.1) is 0 Å². The van der Waals surface area contributed by atoms with Gasteiger partial charge in [0.05, 0.1) is 11.9 Å². The Kier molecular flexibility index (Phi) is 7.53. The van der Waals surface area contributed by atoms with Crippen LogP contribution in [0.3, 0.4) is 0 Å². The van der Waals surface area contributed by atoms with Crippen molar-refractivity contribution in [1.29, 1.82) is 0 Å². The average molecular weight is 320 g/mol. The quantitative estimate of drug-likeness (QED) is 0.853. The number of hydrogen-bond acceptors (Lipinski definition) is 3. The Morgan fingerprint density at radius 2 is 1.78 bits per heavy atom. The Morgan fingerprint density at radius 3 is 2.39 bits per heavy atom. The third-order valence-electron chi connectivity index (χ3n) is 1.91. The Balaban J connectivity index is 0.000000492. The topological polar surface area (TPSA) is 45.5 Å². The fourth-order valence-electron chi connectivity index (χ4n) is 1.16. The summed E-state index contributed by atoms with van der Waals surface area (Å²) in [6.07, 6.45) is 3.32. The van der Waals surface area contributed by atoms with E-state index < -0.39 is 0 Å². The van der Waals surface area contributed by atoms with Crippen LogP contribution in [0, 0.1) is 0 Å². The van der Waals surface area contributed by atoms with E-state index >= 15 is 0 Å². The molecule has 0 aliphatic carbocycles. The number of rotatable bonds is 2. The number of halogens is 2. The molecule has 0 amide bonds. The molecule has 18 heavy (non-hydrogen) atoms. The van der Waals surface area contributed by atoms with Gasteiger partial charge in [0.1, 0.15) is 11.4 Å². The standard InChI is InChI=1S/C12H10N2O.2ClH.V/c15-12-7-2-1-6-11(12)14-9-10-5-3-4-8-13-10;;;/h1-9,15H;2*1H;/q;;;+2/p-2. The van der Waals surface area contributed by atoms with Crippen LogP contribution < -0.4 is 0 Å². The van der Waals surface area contributed by atoms with Gasteiger partial charge in [0.15, 0.2) is 0 Å². The first-order valence-corrected chi connectivity index (χ1v) is 8.77. The molecule has 1 aromatic carbocycles. The second-order valence-corrected chi connectivity index (χ2v) is 5.37. The maximum absolute atomic E-state index is 9.45. The number of benzene rings is 1. The fourth-order valence-corrected chi connectivity index (χ4v) is 1.16. The number of phenols is 1. The molecule has 2 rings (SSSR count). The molecular formula is C12H10Cl2N2OV. The van der Waals surface area contributed by atoms with E-state index in [4.69, 9.17) is 19.7 Å². The van der Waals surface area contributed by atoms with E-state index in [2.05, 4.69) is 9.98 Å². The SMILES string of the molecule is Oc1ccccc1N=Cc1ccccn1.[Cl][V][Cl]. The Hall–Kier alpha value is -0.996.